The molecular formula is C14H19N3O3. The van der Waals surface area contributed by atoms with E-state index in [1.807, 2.05) is 30.3 Å². The maximum atomic E-state index is 5.58. The Hall–Kier alpha value is -1.92. The predicted molar refractivity (Wildman–Crippen MR) is 73.5 cm³/mol. The fourth-order valence-electron chi connectivity index (χ4n) is 1.71. The maximum Gasteiger partial charge on any atom is 0.229 e. The highest BCUT2D eigenvalue weighted by Crippen LogP contribution is 2.09. The summed E-state index contributed by atoms with van der Waals surface area (Å²) in [5, 5.41) is 3.91. The third-order valence-electron chi connectivity index (χ3n) is 2.85. The van der Waals surface area contributed by atoms with E-state index in [-0.39, 0.29) is 6.10 Å². The number of rotatable bonds is 8. The van der Waals surface area contributed by atoms with Gasteiger partial charge in [0.25, 0.3) is 0 Å². The number of nitrogens with zero attached hydrogens (tertiary/aromatic N) is 2. The summed E-state index contributed by atoms with van der Waals surface area (Å²) in [7, 11) is 1.61. The van der Waals surface area contributed by atoms with Crippen LogP contribution in [0.15, 0.2) is 34.9 Å². The largest absolute Gasteiger partial charge is 0.493 e. The second kappa shape index (κ2) is 7.62. The Morgan fingerprint density at radius 1 is 1.30 bits per heavy atom. The van der Waals surface area contributed by atoms with Crippen molar-refractivity contribution in [2.45, 2.75) is 18.9 Å². The summed E-state index contributed by atoms with van der Waals surface area (Å²) < 4.78 is 15.9. The molecule has 0 aliphatic rings. The Bertz CT molecular complexity index is 497. The summed E-state index contributed by atoms with van der Waals surface area (Å²) in [5.41, 5.74) is 5.55. The molecule has 1 atom stereocenters. The third-order valence-corrected chi connectivity index (χ3v) is 2.85. The number of aromatic nitrogens is 2. The van der Waals surface area contributed by atoms with Gasteiger partial charge in [-0.25, -0.2) is 0 Å². The van der Waals surface area contributed by atoms with Crippen molar-refractivity contribution in [3.63, 3.8) is 0 Å². The van der Waals surface area contributed by atoms with Gasteiger partial charge in [0.05, 0.1) is 19.1 Å². The second-order valence-electron chi connectivity index (χ2n) is 4.31. The van der Waals surface area contributed by atoms with Gasteiger partial charge < -0.3 is 19.7 Å². The quantitative estimate of drug-likeness (QED) is 0.780. The van der Waals surface area contributed by atoms with Gasteiger partial charge >= 0.3 is 0 Å². The van der Waals surface area contributed by atoms with Crippen LogP contribution in [-0.4, -0.2) is 36.5 Å². The van der Waals surface area contributed by atoms with Crippen LogP contribution >= 0.6 is 0 Å². The van der Waals surface area contributed by atoms with Gasteiger partial charge in [-0.3, -0.25) is 0 Å². The van der Waals surface area contributed by atoms with Gasteiger partial charge in [-0.2, -0.15) is 4.98 Å². The molecule has 2 aromatic rings. The molecular weight excluding hydrogens is 258 g/mol. The van der Waals surface area contributed by atoms with E-state index in [0.29, 0.717) is 37.7 Å². The molecule has 0 fully saturated rings. The van der Waals surface area contributed by atoms with Crippen molar-refractivity contribution in [3.8, 4) is 5.75 Å². The molecule has 0 spiro atoms. The molecule has 0 radical (unpaired) electrons. The molecule has 1 aromatic heterocycles. The Kier molecular flexibility index (Phi) is 5.52. The summed E-state index contributed by atoms with van der Waals surface area (Å²) in [6.45, 7) is 0.929. The van der Waals surface area contributed by atoms with Crippen LogP contribution in [0.25, 0.3) is 0 Å². The van der Waals surface area contributed by atoms with Crippen molar-refractivity contribution in [3.05, 3.63) is 42.0 Å². The van der Waals surface area contributed by atoms with Gasteiger partial charge in [0.2, 0.25) is 5.89 Å². The van der Waals surface area contributed by atoms with E-state index < -0.39 is 0 Å². The standard InChI is InChI=1S/C14H19N3O3/c1-18-12(10-15)9-14-16-13(17-20-14)7-8-19-11-5-3-2-4-6-11/h2-6,12H,7-10,15H2,1H3. The minimum Gasteiger partial charge on any atom is -0.493 e. The van der Waals surface area contributed by atoms with Gasteiger partial charge in [0.15, 0.2) is 5.82 Å². The van der Waals surface area contributed by atoms with Gasteiger partial charge in [0, 0.05) is 20.1 Å². The fourth-order valence-corrected chi connectivity index (χ4v) is 1.71. The highest BCUT2D eigenvalue weighted by Gasteiger charge is 2.12. The molecule has 20 heavy (non-hydrogen) atoms. The summed E-state index contributed by atoms with van der Waals surface area (Å²) in [5.74, 6) is 2.00. The molecule has 108 valence electrons. The van der Waals surface area contributed by atoms with Crippen molar-refractivity contribution in [1.29, 1.82) is 0 Å². The summed E-state index contributed by atoms with van der Waals surface area (Å²) in [6.07, 6.45) is 1.03. The van der Waals surface area contributed by atoms with Crippen molar-refractivity contribution < 1.29 is 14.0 Å². The van der Waals surface area contributed by atoms with Gasteiger partial charge in [0.1, 0.15) is 5.75 Å². The zero-order valence-corrected chi connectivity index (χ0v) is 11.5. The molecule has 6 heteroatoms. The number of hydrogen-bond donors (Lipinski definition) is 1. The monoisotopic (exact) mass is 277 g/mol. The SMILES string of the molecule is COC(CN)Cc1nc(CCOc2ccccc2)no1. The third kappa shape index (κ3) is 4.32. The highest BCUT2D eigenvalue weighted by atomic mass is 16.5. The van der Waals surface area contributed by atoms with Crippen LogP contribution in [0, 0.1) is 0 Å². The average molecular weight is 277 g/mol. The molecule has 0 saturated heterocycles. The van der Waals surface area contributed by atoms with E-state index in [1.54, 1.807) is 7.11 Å². The molecule has 0 saturated carbocycles. The van der Waals surface area contributed by atoms with Crippen molar-refractivity contribution in [1.82, 2.24) is 10.1 Å². The molecule has 0 aliphatic heterocycles. The maximum absolute atomic E-state index is 5.58. The molecule has 1 heterocycles. The zero-order valence-electron chi connectivity index (χ0n) is 11.5. The molecule has 6 nitrogen and oxygen atoms in total. The van der Waals surface area contributed by atoms with Crippen LogP contribution in [0.5, 0.6) is 5.75 Å². The molecule has 1 unspecified atom stereocenters. The van der Waals surface area contributed by atoms with Gasteiger partial charge in [-0.05, 0) is 12.1 Å². The van der Waals surface area contributed by atoms with E-state index in [0.717, 1.165) is 5.75 Å². The molecule has 0 aliphatic carbocycles. The van der Waals surface area contributed by atoms with Crippen LogP contribution in [0.3, 0.4) is 0 Å². The zero-order chi connectivity index (χ0) is 14.2. The summed E-state index contributed by atoms with van der Waals surface area (Å²) in [6, 6.07) is 9.62. The molecule has 0 amide bonds. The fraction of sp³-hybridized carbons (Fsp3) is 0.429. The van der Waals surface area contributed by atoms with Crippen LogP contribution in [0.1, 0.15) is 11.7 Å². The first kappa shape index (κ1) is 14.5. The number of nitrogens with two attached hydrogens (primary N) is 1. The number of hydrogen-bond acceptors (Lipinski definition) is 6. The average Bonchev–Trinajstić information content (AvgIpc) is 2.93. The van der Waals surface area contributed by atoms with Crippen LogP contribution in [0.2, 0.25) is 0 Å². The van der Waals surface area contributed by atoms with Gasteiger partial charge in [-0.1, -0.05) is 23.4 Å². The predicted octanol–water partition coefficient (Wildman–Crippen LogP) is 1.21. The normalized spacial score (nSPS) is 12.3. The first-order valence-corrected chi connectivity index (χ1v) is 6.54. The molecule has 2 rings (SSSR count). The van der Waals surface area contributed by atoms with Crippen LogP contribution < -0.4 is 10.5 Å². The van der Waals surface area contributed by atoms with E-state index in [1.165, 1.54) is 0 Å². The number of ether oxygens (including phenoxy) is 2. The van der Waals surface area contributed by atoms with Crippen molar-refractivity contribution in [2.24, 2.45) is 5.73 Å². The first-order chi connectivity index (χ1) is 9.81. The lowest BCUT2D eigenvalue weighted by Crippen LogP contribution is -2.24. The Morgan fingerprint density at radius 3 is 2.80 bits per heavy atom. The minimum atomic E-state index is -0.0936. The molecule has 1 aromatic carbocycles. The smallest absolute Gasteiger partial charge is 0.229 e. The van der Waals surface area contributed by atoms with E-state index >= 15 is 0 Å². The second-order valence-corrected chi connectivity index (χ2v) is 4.31. The van der Waals surface area contributed by atoms with Crippen LogP contribution in [0.4, 0.5) is 0 Å². The number of para-hydroxylation sites is 1. The number of methoxy groups -OCH3 is 1. The molecule has 2 N–H and O–H groups in total. The topological polar surface area (TPSA) is 83.4 Å². The Labute approximate surface area is 117 Å². The number of benzene rings is 1. The molecule has 0 bridgehead atoms. The van der Waals surface area contributed by atoms with Crippen molar-refractivity contribution in [2.75, 3.05) is 20.3 Å². The first-order valence-electron chi connectivity index (χ1n) is 6.54. The lowest BCUT2D eigenvalue weighted by molar-refractivity contribution is 0.102. The Morgan fingerprint density at radius 2 is 2.10 bits per heavy atom. The lowest BCUT2D eigenvalue weighted by atomic mass is 10.2. The minimum absolute atomic E-state index is 0.0936. The summed E-state index contributed by atoms with van der Waals surface area (Å²) >= 11 is 0. The van der Waals surface area contributed by atoms with E-state index in [4.69, 9.17) is 19.7 Å². The van der Waals surface area contributed by atoms with Crippen LogP contribution in [-0.2, 0) is 17.6 Å². The highest BCUT2D eigenvalue weighted by molar-refractivity contribution is 5.20. The van der Waals surface area contributed by atoms with E-state index in [2.05, 4.69) is 10.1 Å². The van der Waals surface area contributed by atoms with Crippen molar-refractivity contribution >= 4 is 0 Å². The Balaban J connectivity index is 1.78. The van der Waals surface area contributed by atoms with Gasteiger partial charge in [-0.15, -0.1) is 0 Å². The van der Waals surface area contributed by atoms with E-state index in [9.17, 15) is 0 Å². The summed E-state index contributed by atoms with van der Waals surface area (Å²) in [4.78, 5) is 4.28. The lowest BCUT2D eigenvalue weighted by Gasteiger charge is -2.08.